The Labute approximate surface area is 141 Å². The minimum atomic E-state index is 0.0928. The molecule has 2 aromatic rings. The number of aromatic nitrogens is 1. The van der Waals surface area contributed by atoms with Crippen molar-refractivity contribution in [2.24, 2.45) is 0 Å². The van der Waals surface area contributed by atoms with Gasteiger partial charge in [-0.3, -0.25) is 4.79 Å². The van der Waals surface area contributed by atoms with Crippen LogP contribution in [-0.4, -0.2) is 29.4 Å². The minimum Gasteiger partial charge on any atom is -0.380 e. The number of rotatable bonds is 4. The van der Waals surface area contributed by atoms with Crippen LogP contribution in [0, 0.1) is 6.92 Å². The summed E-state index contributed by atoms with van der Waals surface area (Å²) in [5.41, 5.74) is 2.72. The number of likely N-dealkylation sites (tertiary alicyclic amines) is 1. The number of nitrogens with zero attached hydrogens (tertiary/aromatic N) is 2. The van der Waals surface area contributed by atoms with Crippen molar-refractivity contribution in [3.63, 3.8) is 0 Å². The molecule has 122 valence electrons. The SMILES string of the molecule is COCc1ccccc1C(=O)N1CCCC[C@@H]1c1nc(C)cs1. The van der Waals surface area contributed by atoms with Crippen molar-refractivity contribution in [1.82, 2.24) is 9.88 Å². The van der Waals surface area contributed by atoms with E-state index in [2.05, 4.69) is 10.4 Å². The molecule has 0 aliphatic carbocycles. The lowest BCUT2D eigenvalue weighted by molar-refractivity contribution is 0.0606. The van der Waals surface area contributed by atoms with E-state index in [0.717, 1.165) is 47.6 Å². The number of piperidine rings is 1. The second-order valence-corrected chi connectivity index (χ2v) is 6.82. The van der Waals surface area contributed by atoms with Gasteiger partial charge in [0, 0.05) is 30.3 Å². The Bertz CT molecular complexity index is 683. The normalized spacial score (nSPS) is 18.2. The molecular weight excluding hydrogens is 308 g/mol. The van der Waals surface area contributed by atoms with Crippen LogP contribution in [0.3, 0.4) is 0 Å². The number of amides is 1. The first kappa shape index (κ1) is 16.1. The number of carbonyl (C=O) groups excluding carboxylic acids is 1. The van der Waals surface area contributed by atoms with Crippen LogP contribution in [0.4, 0.5) is 0 Å². The number of methoxy groups -OCH3 is 1. The molecule has 0 N–H and O–H groups in total. The third-order valence-corrected chi connectivity index (χ3v) is 5.30. The summed E-state index contributed by atoms with van der Waals surface area (Å²) in [7, 11) is 1.66. The van der Waals surface area contributed by atoms with Gasteiger partial charge in [-0.05, 0) is 37.8 Å². The Kier molecular flexibility index (Phi) is 5.08. The third kappa shape index (κ3) is 3.46. The molecule has 1 atom stereocenters. The van der Waals surface area contributed by atoms with E-state index >= 15 is 0 Å². The van der Waals surface area contributed by atoms with E-state index in [4.69, 9.17) is 4.74 Å². The van der Waals surface area contributed by atoms with Gasteiger partial charge in [-0.15, -0.1) is 11.3 Å². The monoisotopic (exact) mass is 330 g/mol. The average molecular weight is 330 g/mol. The third-order valence-electron chi connectivity index (χ3n) is 4.23. The smallest absolute Gasteiger partial charge is 0.254 e. The summed E-state index contributed by atoms with van der Waals surface area (Å²) in [5.74, 6) is 0.0928. The summed E-state index contributed by atoms with van der Waals surface area (Å²) in [4.78, 5) is 19.7. The lowest BCUT2D eigenvalue weighted by Gasteiger charge is -2.35. The van der Waals surface area contributed by atoms with Crippen LogP contribution in [-0.2, 0) is 11.3 Å². The first-order chi connectivity index (χ1) is 11.2. The predicted octanol–water partition coefficient (Wildman–Crippen LogP) is 3.97. The molecule has 1 fully saturated rings. The number of ether oxygens (including phenoxy) is 1. The van der Waals surface area contributed by atoms with Crippen molar-refractivity contribution < 1.29 is 9.53 Å². The van der Waals surface area contributed by atoms with Gasteiger partial charge in [0.1, 0.15) is 5.01 Å². The Morgan fingerprint density at radius 1 is 1.39 bits per heavy atom. The Balaban J connectivity index is 1.90. The van der Waals surface area contributed by atoms with Crippen LogP contribution in [0.25, 0.3) is 0 Å². The lowest BCUT2D eigenvalue weighted by Crippen LogP contribution is -2.39. The van der Waals surface area contributed by atoms with Crippen molar-refractivity contribution in [3.05, 3.63) is 51.5 Å². The molecule has 0 bridgehead atoms. The number of benzene rings is 1. The van der Waals surface area contributed by atoms with E-state index in [1.807, 2.05) is 36.1 Å². The van der Waals surface area contributed by atoms with Crippen molar-refractivity contribution in [2.45, 2.75) is 38.8 Å². The first-order valence-electron chi connectivity index (χ1n) is 8.00. The molecule has 1 aromatic heterocycles. The second kappa shape index (κ2) is 7.23. The molecular formula is C18H22N2O2S. The van der Waals surface area contributed by atoms with E-state index in [1.54, 1.807) is 18.4 Å². The van der Waals surface area contributed by atoms with Gasteiger partial charge < -0.3 is 9.64 Å². The number of hydrogen-bond acceptors (Lipinski definition) is 4. The molecule has 0 unspecified atom stereocenters. The van der Waals surface area contributed by atoms with E-state index in [1.165, 1.54) is 0 Å². The zero-order valence-corrected chi connectivity index (χ0v) is 14.4. The Hall–Kier alpha value is -1.72. The van der Waals surface area contributed by atoms with Gasteiger partial charge in [0.15, 0.2) is 0 Å². The Morgan fingerprint density at radius 2 is 2.22 bits per heavy atom. The lowest BCUT2D eigenvalue weighted by atomic mass is 9.99. The van der Waals surface area contributed by atoms with Crippen LogP contribution in [0.15, 0.2) is 29.6 Å². The molecule has 3 rings (SSSR count). The van der Waals surface area contributed by atoms with E-state index in [-0.39, 0.29) is 11.9 Å². The highest BCUT2D eigenvalue weighted by Gasteiger charge is 2.31. The van der Waals surface area contributed by atoms with Gasteiger partial charge in [-0.1, -0.05) is 18.2 Å². The zero-order chi connectivity index (χ0) is 16.2. The molecule has 1 aliphatic rings. The Morgan fingerprint density at radius 3 is 2.96 bits per heavy atom. The fourth-order valence-electron chi connectivity index (χ4n) is 3.12. The molecule has 0 radical (unpaired) electrons. The molecule has 2 heterocycles. The number of thiazole rings is 1. The summed E-state index contributed by atoms with van der Waals surface area (Å²) in [5, 5.41) is 3.12. The molecule has 1 amide bonds. The summed E-state index contributed by atoms with van der Waals surface area (Å²) < 4.78 is 5.24. The van der Waals surface area contributed by atoms with E-state index in [0.29, 0.717) is 6.61 Å². The van der Waals surface area contributed by atoms with Crippen LogP contribution in [0.5, 0.6) is 0 Å². The number of aryl methyl sites for hydroxylation is 1. The molecule has 0 saturated carbocycles. The molecule has 1 aromatic carbocycles. The summed E-state index contributed by atoms with van der Waals surface area (Å²) in [6.45, 7) is 3.25. The van der Waals surface area contributed by atoms with E-state index in [9.17, 15) is 4.79 Å². The van der Waals surface area contributed by atoms with Gasteiger partial charge in [-0.2, -0.15) is 0 Å². The highest BCUT2D eigenvalue weighted by molar-refractivity contribution is 7.09. The maximum Gasteiger partial charge on any atom is 0.254 e. The fourth-order valence-corrected chi connectivity index (χ4v) is 4.06. The summed E-state index contributed by atoms with van der Waals surface area (Å²) in [6, 6.07) is 7.83. The van der Waals surface area contributed by atoms with Gasteiger partial charge >= 0.3 is 0 Å². The maximum absolute atomic E-state index is 13.1. The van der Waals surface area contributed by atoms with Crippen LogP contribution < -0.4 is 0 Å². The summed E-state index contributed by atoms with van der Waals surface area (Å²) in [6.07, 6.45) is 3.19. The molecule has 23 heavy (non-hydrogen) atoms. The number of hydrogen-bond donors (Lipinski definition) is 0. The molecule has 0 spiro atoms. The fraction of sp³-hybridized carbons (Fsp3) is 0.444. The second-order valence-electron chi connectivity index (χ2n) is 5.93. The molecule has 1 aliphatic heterocycles. The maximum atomic E-state index is 13.1. The molecule has 1 saturated heterocycles. The molecule has 4 nitrogen and oxygen atoms in total. The van der Waals surface area contributed by atoms with Crippen LogP contribution in [0.1, 0.15) is 51.9 Å². The van der Waals surface area contributed by atoms with Gasteiger partial charge in [0.25, 0.3) is 5.91 Å². The average Bonchev–Trinajstić information content (AvgIpc) is 3.01. The van der Waals surface area contributed by atoms with Crippen LogP contribution >= 0.6 is 11.3 Å². The minimum absolute atomic E-state index is 0.0928. The zero-order valence-electron chi connectivity index (χ0n) is 13.6. The van der Waals surface area contributed by atoms with Crippen molar-refractivity contribution in [1.29, 1.82) is 0 Å². The van der Waals surface area contributed by atoms with Gasteiger partial charge in [0.2, 0.25) is 0 Å². The van der Waals surface area contributed by atoms with E-state index < -0.39 is 0 Å². The van der Waals surface area contributed by atoms with Crippen LogP contribution in [0.2, 0.25) is 0 Å². The van der Waals surface area contributed by atoms with Crippen molar-refractivity contribution >= 4 is 17.2 Å². The van der Waals surface area contributed by atoms with Gasteiger partial charge in [0.05, 0.1) is 12.6 Å². The number of carbonyl (C=O) groups is 1. The first-order valence-corrected chi connectivity index (χ1v) is 8.88. The van der Waals surface area contributed by atoms with Gasteiger partial charge in [-0.25, -0.2) is 4.98 Å². The summed E-state index contributed by atoms with van der Waals surface area (Å²) >= 11 is 1.66. The highest BCUT2D eigenvalue weighted by Crippen LogP contribution is 2.34. The van der Waals surface area contributed by atoms with Crippen molar-refractivity contribution in [3.8, 4) is 0 Å². The predicted molar refractivity (Wildman–Crippen MR) is 91.6 cm³/mol. The topological polar surface area (TPSA) is 42.4 Å². The molecule has 5 heteroatoms. The quantitative estimate of drug-likeness (QED) is 0.852. The standard InChI is InChI=1S/C18H22N2O2S/c1-13-12-23-17(19-13)16-9-5-6-10-20(16)18(21)15-8-4-3-7-14(15)11-22-2/h3-4,7-8,12,16H,5-6,9-11H2,1-2H3/t16-/m1/s1. The highest BCUT2D eigenvalue weighted by atomic mass is 32.1. The van der Waals surface area contributed by atoms with Crippen molar-refractivity contribution in [2.75, 3.05) is 13.7 Å². The largest absolute Gasteiger partial charge is 0.380 e.